The van der Waals surface area contributed by atoms with Crippen LogP contribution in [-0.4, -0.2) is 58.8 Å². The molecule has 1 amide bonds. The first kappa shape index (κ1) is 16.5. The van der Waals surface area contributed by atoms with E-state index in [0.717, 1.165) is 22.2 Å². The van der Waals surface area contributed by atoms with E-state index < -0.39 is 0 Å². The van der Waals surface area contributed by atoms with Crippen LogP contribution in [0.25, 0.3) is 22.2 Å². The van der Waals surface area contributed by atoms with E-state index in [1.165, 1.54) is 0 Å². The van der Waals surface area contributed by atoms with Gasteiger partial charge < -0.3 is 18.9 Å². The highest BCUT2D eigenvalue weighted by atomic mass is 16.5. The SMILES string of the molecule is COc1ncccc1-c1cc(C(=O)N2CCOCC2)c2c(c1)ncn2C. The molecule has 1 aliphatic heterocycles. The molecule has 0 bridgehead atoms. The van der Waals surface area contributed by atoms with E-state index >= 15 is 0 Å². The number of aromatic nitrogens is 3. The van der Waals surface area contributed by atoms with Gasteiger partial charge in [0.1, 0.15) is 0 Å². The molecule has 26 heavy (non-hydrogen) atoms. The van der Waals surface area contributed by atoms with Gasteiger partial charge in [0.15, 0.2) is 0 Å². The second-order valence-corrected chi connectivity index (χ2v) is 6.21. The van der Waals surface area contributed by atoms with Crippen LogP contribution >= 0.6 is 0 Å². The first-order valence-corrected chi connectivity index (χ1v) is 8.50. The molecule has 1 aromatic carbocycles. The van der Waals surface area contributed by atoms with Crippen molar-refractivity contribution in [3.63, 3.8) is 0 Å². The van der Waals surface area contributed by atoms with Gasteiger partial charge in [-0.2, -0.15) is 0 Å². The van der Waals surface area contributed by atoms with Gasteiger partial charge in [-0.1, -0.05) is 0 Å². The number of imidazole rings is 1. The lowest BCUT2D eigenvalue weighted by atomic mass is 10.0. The van der Waals surface area contributed by atoms with Crippen molar-refractivity contribution >= 4 is 16.9 Å². The van der Waals surface area contributed by atoms with Crippen LogP contribution in [0.5, 0.6) is 5.88 Å². The lowest BCUT2D eigenvalue weighted by Gasteiger charge is -2.27. The summed E-state index contributed by atoms with van der Waals surface area (Å²) < 4.78 is 12.6. The van der Waals surface area contributed by atoms with Crippen molar-refractivity contribution in [1.82, 2.24) is 19.4 Å². The van der Waals surface area contributed by atoms with Crippen LogP contribution in [0.2, 0.25) is 0 Å². The van der Waals surface area contributed by atoms with Crippen molar-refractivity contribution in [2.45, 2.75) is 0 Å². The average Bonchev–Trinajstić information content (AvgIpc) is 3.08. The Hall–Kier alpha value is -2.93. The fourth-order valence-corrected chi connectivity index (χ4v) is 3.32. The number of hydrogen-bond acceptors (Lipinski definition) is 5. The zero-order valence-electron chi connectivity index (χ0n) is 14.8. The van der Waals surface area contributed by atoms with Crippen molar-refractivity contribution in [2.24, 2.45) is 7.05 Å². The third-order valence-corrected chi connectivity index (χ3v) is 4.62. The van der Waals surface area contributed by atoms with Crippen molar-refractivity contribution in [3.05, 3.63) is 42.4 Å². The minimum Gasteiger partial charge on any atom is -0.481 e. The zero-order chi connectivity index (χ0) is 18.1. The summed E-state index contributed by atoms with van der Waals surface area (Å²) >= 11 is 0. The van der Waals surface area contributed by atoms with Crippen molar-refractivity contribution in [3.8, 4) is 17.0 Å². The third-order valence-electron chi connectivity index (χ3n) is 4.62. The largest absolute Gasteiger partial charge is 0.481 e. The van der Waals surface area contributed by atoms with Gasteiger partial charge in [-0.3, -0.25) is 4.79 Å². The van der Waals surface area contributed by atoms with E-state index in [1.807, 2.05) is 40.8 Å². The van der Waals surface area contributed by atoms with Gasteiger partial charge in [0.05, 0.1) is 43.2 Å². The summed E-state index contributed by atoms with van der Waals surface area (Å²) in [6, 6.07) is 7.65. The molecule has 2 aromatic heterocycles. The molecule has 7 nitrogen and oxygen atoms in total. The number of nitrogens with zero attached hydrogens (tertiary/aromatic N) is 4. The normalized spacial score (nSPS) is 14.6. The summed E-state index contributed by atoms with van der Waals surface area (Å²) in [7, 11) is 3.49. The highest BCUT2D eigenvalue weighted by Gasteiger charge is 2.23. The maximum Gasteiger partial charge on any atom is 0.256 e. The number of methoxy groups -OCH3 is 1. The summed E-state index contributed by atoms with van der Waals surface area (Å²) in [5.41, 5.74) is 3.92. The number of pyridine rings is 1. The van der Waals surface area contributed by atoms with Crippen LogP contribution in [0.3, 0.4) is 0 Å². The molecule has 134 valence electrons. The number of morpholine rings is 1. The topological polar surface area (TPSA) is 69.5 Å². The molecule has 3 heterocycles. The summed E-state index contributed by atoms with van der Waals surface area (Å²) in [6.07, 6.45) is 3.41. The second-order valence-electron chi connectivity index (χ2n) is 6.21. The molecular weight excluding hydrogens is 332 g/mol. The van der Waals surface area contributed by atoms with E-state index in [9.17, 15) is 4.79 Å². The van der Waals surface area contributed by atoms with Gasteiger partial charge in [0.25, 0.3) is 5.91 Å². The number of aryl methyl sites for hydroxylation is 1. The summed E-state index contributed by atoms with van der Waals surface area (Å²) in [6.45, 7) is 2.32. The Bertz CT molecular complexity index is 961. The maximum absolute atomic E-state index is 13.2. The Balaban J connectivity index is 1.88. The number of amides is 1. The van der Waals surface area contributed by atoms with Gasteiger partial charge >= 0.3 is 0 Å². The zero-order valence-corrected chi connectivity index (χ0v) is 14.8. The molecule has 1 fully saturated rings. The molecule has 4 rings (SSSR count). The van der Waals surface area contributed by atoms with Crippen LogP contribution in [-0.2, 0) is 11.8 Å². The Morgan fingerprint density at radius 2 is 2.04 bits per heavy atom. The molecule has 1 aliphatic rings. The van der Waals surface area contributed by atoms with Gasteiger partial charge in [-0.25, -0.2) is 9.97 Å². The van der Waals surface area contributed by atoms with Gasteiger partial charge in [-0.15, -0.1) is 0 Å². The Morgan fingerprint density at radius 3 is 2.81 bits per heavy atom. The van der Waals surface area contributed by atoms with Crippen LogP contribution in [0, 0.1) is 0 Å². The van der Waals surface area contributed by atoms with E-state index in [-0.39, 0.29) is 5.91 Å². The van der Waals surface area contributed by atoms with Crippen LogP contribution < -0.4 is 4.74 Å². The summed E-state index contributed by atoms with van der Waals surface area (Å²) in [4.78, 5) is 23.7. The lowest BCUT2D eigenvalue weighted by molar-refractivity contribution is 0.0304. The maximum atomic E-state index is 13.2. The van der Waals surface area contributed by atoms with Gasteiger partial charge in [0, 0.05) is 31.9 Å². The molecule has 0 spiro atoms. The first-order chi connectivity index (χ1) is 12.7. The second kappa shape index (κ2) is 6.76. The highest BCUT2D eigenvalue weighted by Crippen LogP contribution is 2.32. The smallest absolute Gasteiger partial charge is 0.256 e. The Labute approximate surface area is 151 Å². The van der Waals surface area contributed by atoms with Crippen molar-refractivity contribution in [1.29, 1.82) is 0 Å². The number of rotatable bonds is 3. The van der Waals surface area contributed by atoms with Crippen molar-refractivity contribution < 1.29 is 14.3 Å². The molecule has 3 aromatic rings. The summed E-state index contributed by atoms with van der Waals surface area (Å²) in [5, 5.41) is 0. The minimum atomic E-state index is -0.00777. The molecule has 0 aliphatic carbocycles. The summed E-state index contributed by atoms with van der Waals surface area (Å²) in [5.74, 6) is 0.513. The number of benzene rings is 1. The fraction of sp³-hybridized carbons (Fsp3) is 0.316. The van der Waals surface area contributed by atoms with E-state index in [4.69, 9.17) is 9.47 Å². The van der Waals surface area contributed by atoms with Gasteiger partial charge in [0.2, 0.25) is 5.88 Å². The van der Waals surface area contributed by atoms with Crippen LogP contribution in [0.4, 0.5) is 0 Å². The van der Waals surface area contributed by atoms with Crippen molar-refractivity contribution in [2.75, 3.05) is 33.4 Å². The molecule has 0 atom stereocenters. The monoisotopic (exact) mass is 352 g/mol. The van der Waals surface area contributed by atoms with E-state index in [2.05, 4.69) is 9.97 Å². The standard InChI is InChI=1S/C19H20N4O3/c1-22-12-21-16-11-13(14-4-3-5-20-18(14)25-2)10-15(17(16)22)19(24)23-6-8-26-9-7-23/h3-5,10-12H,6-9H2,1-2H3. The number of fused-ring (bicyclic) bond motifs is 1. The van der Waals surface area contributed by atoms with Crippen LogP contribution in [0.1, 0.15) is 10.4 Å². The minimum absolute atomic E-state index is 0.00777. The average molecular weight is 352 g/mol. The number of ether oxygens (including phenoxy) is 2. The predicted octanol–water partition coefficient (Wildman–Crippen LogP) is 2.12. The molecule has 0 unspecified atom stereocenters. The Kier molecular flexibility index (Phi) is 4.30. The van der Waals surface area contributed by atoms with Gasteiger partial charge in [-0.05, 0) is 29.8 Å². The van der Waals surface area contributed by atoms with Crippen LogP contribution in [0.15, 0.2) is 36.8 Å². The molecule has 7 heteroatoms. The fourth-order valence-electron chi connectivity index (χ4n) is 3.32. The lowest BCUT2D eigenvalue weighted by Crippen LogP contribution is -2.40. The number of carbonyl (C=O) groups excluding carboxylic acids is 1. The number of hydrogen-bond donors (Lipinski definition) is 0. The molecule has 0 radical (unpaired) electrons. The Morgan fingerprint density at radius 1 is 1.23 bits per heavy atom. The molecule has 1 saturated heterocycles. The highest BCUT2D eigenvalue weighted by molar-refractivity contribution is 6.07. The number of carbonyl (C=O) groups is 1. The molecular formula is C19H20N4O3. The first-order valence-electron chi connectivity index (χ1n) is 8.50. The van der Waals surface area contributed by atoms with E-state index in [1.54, 1.807) is 19.6 Å². The quantitative estimate of drug-likeness (QED) is 0.722. The predicted molar refractivity (Wildman–Crippen MR) is 97.2 cm³/mol. The molecule has 0 N–H and O–H groups in total. The van der Waals surface area contributed by atoms with E-state index in [0.29, 0.717) is 37.7 Å². The molecule has 0 saturated carbocycles. The third kappa shape index (κ3) is 2.80.